The number of halogens is 8. The van der Waals surface area contributed by atoms with Crippen molar-refractivity contribution in [1.29, 1.82) is 0 Å². The Morgan fingerprint density at radius 3 is 1.84 bits per heavy atom. The molecule has 2 aromatic carbocycles. The molecule has 6 aliphatic rings. The largest absolute Gasteiger partial charge is 0.422 e. The summed E-state index contributed by atoms with van der Waals surface area (Å²) in [4.78, 5) is 192. The quantitative estimate of drug-likeness (QED) is 0.153. The van der Waals surface area contributed by atoms with E-state index in [1.165, 1.54) is 49.9 Å². The second-order valence-corrected chi connectivity index (χ2v) is 30.0. The van der Waals surface area contributed by atoms with E-state index in [0.29, 0.717) is 83.0 Å². The van der Waals surface area contributed by atoms with Gasteiger partial charge < -0.3 is 64.8 Å². The molecule has 602 valence electrons. The maximum Gasteiger partial charge on any atom is 0.422 e. The van der Waals surface area contributed by atoms with Gasteiger partial charge in [-0.05, 0) is 131 Å². The van der Waals surface area contributed by atoms with Crippen LogP contribution in [0.15, 0.2) is 48.6 Å². The number of carbonyl (C=O) groups is 12. The summed E-state index contributed by atoms with van der Waals surface area (Å²) < 4.78 is 120. The average molecular weight is 1550 g/mol. The predicted molar refractivity (Wildman–Crippen MR) is 381 cm³/mol. The molecule has 12 amide bonds. The van der Waals surface area contributed by atoms with Crippen molar-refractivity contribution in [3.05, 3.63) is 82.4 Å². The maximum atomic E-state index is 15.6. The van der Waals surface area contributed by atoms with Crippen molar-refractivity contribution in [2.75, 3.05) is 88.2 Å². The van der Waals surface area contributed by atoms with Crippen LogP contribution >= 0.6 is 0 Å². The van der Waals surface area contributed by atoms with E-state index < -0.39 is 222 Å². The SMILES string of the molecule is CCC[C@H]1C(=O)N[C@@H]([C@@H](C)CC)C(=O)N(C)CC(=O)N(C)[C@@H]2C/C=C\CCN(C2=O)[C@@H](Cc2ccc(C(F)(F)F)cc2)C(=O)N(C)CC(=O)N[C@@H](CCc2cc(F)c(C(F)(F)F)c(F)c2)C(=O)N2C[C@H](OCC)C[C@H]2C(=O)NC2(CCC2)C(=O)N(C)[C@@H](C2CCCC2)C(=O)N(C)[C@H](C(=O)N2CCCC2)CC(=O)N1C. The summed E-state index contributed by atoms with van der Waals surface area (Å²) >= 11 is 0. The van der Waals surface area contributed by atoms with Crippen molar-refractivity contribution in [3.8, 4) is 0 Å². The maximum absolute atomic E-state index is 15.6. The molecule has 0 aromatic heterocycles. The third-order valence-electron chi connectivity index (χ3n) is 22.6. The smallest absolute Gasteiger partial charge is 0.377 e. The third-order valence-corrected chi connectivity index (χ3v) is 22.6. The van der Waals surface area contributed by atoms with E-state index in [1.54, 1.807) is 44.7 Å². The standard InChI is InChI=1S/C76H104F8N12O13/c1-11-22-54-65(100)86-63(45(4)12-2)71(106)89(6)44-61(99)91(8)55-25-15-14-18-36-95(70(55)105)58(39-46-26-29-49(30-27-46)75(79,80)81)68(103)88(5)43-59(97)85-53(31-28-47-37-51(77)62(52(78)38-47)76(82,83)84)67(102)96-42-50(109-13-3)40-56(96)66(101)87-74(32-21-33-74)73(108)93(10)64(48-23-16-17-24-48)72(107)92(9)57(41-60(98)90(54)7)69(104)94-34-19-20-35-94/h14-15,26-27,29-30,37-38,45,48,50,53-58,63-64H,11-13,16-25,28,31-36,39-44H2,1-10H3,(H,85,97)(H,86,100)(H,87,101)/b15-14-/t45-,50+,53-,54-,55+,56-,57-,58-,63-,64-/m0/s1. The van der Waals surface area contributed by atoms with Crippen LogP contribution in [-0.2, 0) is 87.5 Å². The van der Waals surface area contributed by atoms with Crippen LogP contribution in [0.3, 0.4) is 0 Å². The van der Waals surface area contributed by atoms with Gasteiger partial charge in [-0.3, -0.25) is 57.5 Å². The molecule has 33 heteroatoms. The lowest BCUT2D eigenvalue weighted by atomic mass is 9.74. The first-order chi connectivity index (χ1) is 51.4. The molecule has 1 spiro atoms. The highest BCUT2D eigenvalue weighted by Gasteiger charge is 2.54. The number of likely N-dealkylation sites (tertiary alicyclic amines) is 1. The van der Waals surface area contributed by atoms with Crippen LogP contribution in [0.25, 0.3) is 0 Å². The number of rotatable bonds is 13. The Bertz CT molecular complexity index is 3680. The van der Waals surface area contributed by atoms with Crippen LogP contribution in [-0.4, -0.2) is 263 Å². The van der Waals surface area contributed by atoms with Gasteiger partial charge >= 0.3 is 12.4 Å². The van der Waals surface area contributed by atoms with Gasteiger partial charge in [0.05, 0.1) is 31.2 Å². The highest BCUT2D eigenvalue weighted by atomic mass is 19.4. The normalized spacial score (nSPS) is 26.7. The molecular formula is C76H104F8N12O13. The molecule has 2 saturated carbocycles. The van der Waals surface area contributed by atoms with E-state index in [9.17, 15) is 55.1 Å². The number of carbonyl (C=O) groups excluding carboxylic acids is 12. The molecule has 0 unspecified atom stereocenters. The Hall–Kier alpha value is -8.78. The molecule has 5 fully saturated rings. The number of nitrogens with one attached hydrogen (secondary N) is 3. The Morgan fingerprint density at radius 2 is 1.27 bits per heavy atom. The van der Waals surface area contributed by atoms with Gasteiger partial charge in [0, 0.05) is 87.9 Å². The average Bonchev–Trinajstić information content (AvgIpc) is 1.71. The third kappa shape index (κ3) is 20.2. The molecule has 109 heavy (non-hydrogen) atoms. The summed E-state index contributed by atoms with van der Waals surface area (Å²) in [6.07, 6.45) is -5.63. The van der Waals surface area contributed by atoms with Gasteiger partial charge in [0.25, 0.3) is 0 Å². The Labute approximate surface area is 630 Å². The van der Waals surface area contributed by atoms with Crippen LogP contribution in [0.1, 0.15) is 159 Å². The molecule has 3 saturated heterocycles. The minimum atomic E-state index is -5.46. The lowest BCUT2D eigenvalue weighted by Gasteiger charge is -2.46. The van der Waals surface area contributed by atoms with Crippen molar-refractivity contribution in [3.63, 3.8) is 0 Å². The van der Waals surface area contributed by atoms with Gasteiger partial charge in [-0.25, -0.2) is 8.78 Å². The monoisotopic (exact) mass is 1540 g/mol. The summed E-state index contributed by atoms with van der Waals surface area (Å²) in [5.74, 6) is -14.8. The van der Waals surface area contributed by atoms with Crippen molar-refractivity contribution < 1.29 is 97.4 Å². The van der Waals surface area contributed by atoms with Crippen molar-refractivity contribution in [2.45, 2.75) is 222 Å². The zero-order chi connectivity index (χ0) is 80.3. The summed E-state index contributed by atoms with van der Waals surface area (Å²) in [7, 11) is 7.91. The fourth-order valence-electron chi connectivity index (χ4n) is 15.8. The summed E-state index contributed by atoms with van der Waals surface area (Å²) in [6.45, 7) is 5.37. The summed E-state index contributed by atoms with van der Waals surface area (Å²) in [5, 5.41) is 8.30. The van der Waals surface area contributed by atoms with Crippen LogP contribution in [0.2, 0.25) is 0 Å². The Kier molecular flexibility index (Phi) is 29.0. The molecule has 2 aromatic rings. The highest BCUT2D eigenvalue weighted by molar-refractivity contribution is 6.01. The van der Waals surface area contributed by atoms with Gasteiger partial charge in [-0.15, -0.1) is 0 Å². The number of nitrogens with zero attached hydrogens (tertiary/aromatic N) is 9. The highest BCUT2D eigenvalue weighted by Crippen LogP contribution is 2.40. The molecule has 25 nitrogen and oxygen atoms in total. The number of ether oxygens (including phenoxy) is 1. The van der Waals surface area contributed by atoms with Gasteiger partial charge in [0.15, 0.2) is 0 Å². The van der Waals surface area contributed by atoms with Crippen LogP contribution < -0.4 is 16.0 Å². The van der Waals surface area contributed by atoms with Gasteiger partial charge in [0.2, 0.25) is 70.9 Å². The van der Waals surface area contributed by atoms with Gasteiger partial charge in [-0.2, -0.15) is 26.3 Å². The fraction of sp³-hybridized carbons (Fsp3) is 0.658. The van der Waals surface area contributed by atoms with Crippen LogP contribution in [0.4, 0.5) is 35.1 Å². The topological polar surface area (TPSA) is 279 Å². The zero-order valence-corrected chi connectivity index (χ0v) is 63.7. The van der Waals surface area contributed by atoms with E-state index in [0.717, 1.165) is 55.8 Å². The molecule has 2 aliphatic carbocycles. The van der Waals surface area contributed by atoms with Gasteiger partial charge in [-0.1, -0.05) is 70.7 Å². The number of amides is 12. The molecule has 4 aliphatic heterocycles. The number of alkyl halides is 6. The number of likely N-dealkylation sites (N-methyl/N-ethyl adjacent to an activating group) is 6. The van der Waals surface area contributed by atoms with Crippen molar-refractivity contribution in [2.24, 2.45) is 11.8 Å². The van der Waals surface area contributed by atoms with E-state index in [1.807, 2.05) is 0 Å². The first-order valence-electron chi connectivity index (χ1n) is 37.7. The minimum Gasteiger partial charge on any atom is -0.377 e. The van der Waals surface area contributed by atoms with Crippen LogP contribution in [0, 0.1) is 23.5 Å². The van der Waals surface area contributed by atoms with E-state index >= 15 is 37.5 Å². The van der Waals surface area contributed by atoms with Gasteiger partial charge in [0.1, 0.15) is 71.1 Å². The van der Waals surface area contributed by atoms with Crippen molar-refractivity contribution in [1.82, 2.24) is 60.0 Å². The number of hydrogen-bond donors (Lipinski definition) is 3. The second-order valence-electron chi connectivity index (χ2n) is 30.0. The first-order valence-corrected chi connectivity index (χ1v) is 37.7. The Balaban J connectivity index is 1.22. The molecule has 10 atom stereocenters. The second kappa shape index (κ2) is 36.8. The van der Waals surface area contributed by atoms with Crippen LogP contribution in [0.5, 0.6) is 0 Å². The molecular weight excluding hydrogens is 1440 g/mol. The predicted octanol–water partition coefficient (Wildman–Crippen LogP) is 6.03. The first kappa shape index (κ1) is 85.8. The molecule has 8 rings (SSSR count). The number of aryl methyl sites for hydroxylation is 1. The molecule has 3 N–H and O–H groups in total. The molecule has 0 radical (unpaired) electrons. The lowest BCUT2D eigenvalue weighted by molar-refractivity contribution is -0.158. The fourth-order valence-corrected chi connectivity index (χ4v) is 15.8. The number of fused-ring (bicyclic) bond motifs is 3. The molecule has 4 heterocycles. The minimum absolute atomic E-state index is 0.0435. The van der Waals surface area contributed by atoms with E-state index in [-0.39, 0.29) is 63.8 Å². The van der Waals surface area contributed by atoms with E-state index in [4.69, 9.17) is 4.74 Å². The Morgan fingerprint density at radius 1 is 0.633 bits per heavy atom. The van der Waals surface area contributed by atoms with Crippen molar-refractivity contribution >= 4 is 70.9 Å². The summed E-state index contributed by atoms with van der Waals surface area (Å²) in [6, 6.07) is -7.16. The van der Waals surface area contributed by atoms with E-state index in [2.05, 4.69) is 16.0 Å². The molecule has 2 bridgehead atoms. The lowest BCUT2D eigenvalue weighted by Crippen LogP contribution is -2.68. The summed E-state index contributed by atoms with van der Waals surface area (Å²) in [5.41, 5.74) is -5.23. The zero-order valence-electron chi connectivity index (χ0n) is 63.7. The number of hydrogen-bond acceptors (Lipinski definition) is 13. The number of benzene rings is 2.